The minimum Gasteiger partial charge on any atom is -0.364 e. The number of hydrogen-bond donors (Lipinski definition) is 1. The van der Waals surface area contributed by atoms with Crippen LogP contribution >= 0.6 is 22.6 Å². The predicted octanol–water partition coefficient (Wildman–Crippen LogP) is 0.419. The first-order valence-corrected chi connectivity index (χ1v) is 4.71. The van der Waals surface area contributed by atoms with E-state index < -0.39 is 0 Å². The second-order valence-electron chi connectivity index (χ2n) is 2.28. The van der Waals surface area contributed by atoms with Gasteiger partial charge in [0.1, 0.15) is 4.11 Å². The van der Waals surface area contributed by atoms with Gasteiger partial charge in [-0.15, -0.1) is 0 Å². The standard InChI is InChI=1S/C6H11IN2O2/c1-8-6(10)9-2-3-11-5(7)4-9/h5H,2-4H2,1H3,(H,8,10). The van der Waals surface area contributed by atoms with E-state index in [2.05, 4.69) is 27.9 Å². The third kappa shape index (κ3) is 2.48. The Kier molecular flexibility index (Phi) is 3.38. The normalized spacial score (nSPS) is 24.9. The van der Waals surface area contributed by atoms with Crippen LogP contribution in [-0.4, -0.2) is 41.8 Å². The third-order valence-corrected chi connectivity index (χ3v) is 2.28. The monoisotopic (exact) mass is 270 g/mol. The molecule has 0 aromatic carbocycles. The van der Waals surface area contributed by atoms with E-state index in [1.165, 1.54) is 0 Å². The van der Waals surface area contributed by atoms with E-state index in [1.54, 1.807) is 11.9 Å². The van der Waals surface area contributed by atoms with Crippen LogP contribution in [0.1, 0.15) is 0 Å². The third-order valence-electron chi connectivity index (χ3n) is 1.52. The molecule has 1 N–H and O–H groups in total. The van der Waals surface area contributed by atoms with E-state index in [1.807, 2.05) is 0 Å². The fraction of sp³-hybridized carbons (Fsp3) is 0.833. The Hall–Kier alpha value is -0.0400. The number of halogens is 1. The largest absolute Gasteiger partial charge is 0.364 e. The van der Waals surface area contributed by atoms with Crippen molar-refractivity contribution in [2.24, 2.45) is 0 Å². The summed E-state index contributed by atoms with van der Waals surface area (Å²) in [5.41, 5.74) is 0. The molecule has 0 aliphatic carbocycles. The Morgan fingerprint density at radius 1 is 1.82 bits per heavy atom. The lowest BCUT2D eigenvalue weighted by atomic mass is 10.4. The van der Waals surface area contributed by atoms with Crippen molar-refractivity contribution in [3.63, 3.8) is 0 Å². The summed E-state index contributed by atoms with van der Waals surface area (Å²) in [6.07, 6.45) is 0. The van der Waals surface area contributed by atoms with Gasteiger partial charge in [0, 0.05) is 13.6 Å². The van der Waals surface area contributed by atoms with Crippen LogP contribution < -0.4 is 5.32 Å². The summed E-state index contributed by atoms with van der Waals surface area (Å²) >= 11 is 2.18. The summed E-state index contributed by atoms with van der Waals surface area (Å²) in [5.74, 6) is 0. The Bertz CT molecular complexity index is 154. The van der Waals surface area contributed by atoms with E-state index in [0.29, 0.717) is 19.7 Å². The average molecular weight is 270 g/mol. The number of amides is 2. The molecule has 1 saturated heterocycles. The highest BCUT2D eigenvalue weighted by Gasteiger charge is 2.20. The van der Waals surface area contributed by atoms with E-state index >= 15 is 0 Å². The maximum atomic E-state index is 11.1. The molecule has 0 saturated carbocycles. The molecule has 11 heavy (non-hydrogen) atoms. The summed E-state index contributed by atoms with van der Waals surface area (Å²) in [6.45, 7) is 2.01. The maximum Gasteiger partial charge on any atom is 0.317 e. The second kappa shape index (κ2) is 4.10. The van der Waals surface area contributed by atoms with Gasteiger partial charge in [-0.1, -0.05) is 0 Å². The zero-order chi connectivity index (χ0) is 8.27. The summed E-state index contributed by atoms with van der Waals surface area (Å²) in [6, 6.07) is -0.0185. The molecule has 0 spiro atoms. The lowest BCUT2D eigenvalue weighted by molar-refractivity contribution is 0.0427. The van der Waals surface area contributed by atoms with Crippen LogP contribution in [0.2, 0.25) is 0 Å². The summed E-state index contributed by atoms with van der Waals surface area (Å²) in [5, 5.41) is 2.58. The number of alkyl halides is 1. The van der Waals surface area contributed by atoms with Gasteiger partial charge in [-0.25, -0.2) is 4.79 Å². The zero-order valence-corrected chi connectivity index (χ0v) is 8.50. The molecule has 1 unspecified atom stereocenters. The van der Waals surface area contributed by atoms with Gasteiger partial charge in [0.05, 0.1) is 13.2 Å². The van der Waals surface area contributed by atoms with E-state index in [9.17, 15) is 4.79 Å². The van der Waals surface area contributed by atoms with Crippen molar-refractivity contribution in [3.8, 4) is 0 Å². The Labute approximate surface area is 79.4 Å². The first-order chi connectivity index (χ1) is 5.24. The molecule has 64 valence electrons. The van der Waals surface area contributed by atoms with Crippen molar-refractivity contribution >= 4 is 28.6 Å². The lowest BCUT2D eigenvalue weighted by Crippen LogP contribution is -2.47. The van der Waals surface area contributed by atoms with Crippen LogP contribution in [0.3, 0.4) is 0 Å². The van der Waals surface area contributed by atoms with Crippen LogP contribution in [0.15, 0.2) is 0 Å². The molecule has 1 rings (SSSR count). The molecule has 1 atom stereocenters. The van der Waals surface area contributed by atoms with Gasteiger partial charge < -0.3 is 15.0 Å². The molecule has 4 nitrogen and oxygen atoms in total. The van der Waals surface area contributed by atoms with E-state index in [4.69, 9.17) is 4.74 Å². The van der Waals surface area contributed by atoms with Gasteiger partial charge in [0.25, 0.3) is 0 Å². The Morgan fingerprint density at radius 3 is 3.09 bits per heavy atom. The van der Waals surface area contributed by atoms with Gasteiger partial charge >= 0.3 is 6.03 Å². The molecule has 0 radical (unpaired) electrons. The SMILES string of the molecule is CNC(=O)N1CCOC(I)C1. The molecule has 1 aliphatic heterocycles. The van der Waals surface area contributed by atoms with Gasteiger partial charge in [-0.05, 0) is 22.6 Å². The van der Waals surface area contributed by atoms with Crippen LogP contribution in [-0.2, 0) is 4.74 Å². The highest BCUT2D eigenvalue weighted by Crippen LogP contribution is 2.10. The maximum absolute atomic E-state index is 11.1. The van der Waals surface area contributed by atoms with Crippen LogP contribution in [0, 0.1) is 0 Å². The first-order valence-electron chi connectivity index (χ1n) is 3.46. The zero-order valence-electron chi connectivity index (χ0n) is 6.34. The molecule has 1 aliphatic rings. The smallest absolute Gasteiger partial charge is 0.317 e. The summed E-state index contributed by atoms with van der Waals surface area (Å²) in [7, 11) is 1.64. The number of carbonyl (C=O) groups is 1. The highest BCUT2D eigenvalue weighted by molar-refractivity contribution is 14.1. The van der Waals surface area contributed by atoms with Crippen molar-refractivity contribution in [2.45, 2.75) is 4.11 Å². The van der Waals surface area contributed by atoms with Gasteiger partial charge in [-0.2, -0.15) is 0 Å². The van der Waals surface area contributed by atoms with Crippen molar-refractivity contribution in [3.05, 3.63) is 0 Å². The second-order valence-corrected chi connectivity index (χ2v) is 3.67. The van der Waals surface area contributed by atoms with Crippen molar-refractivity contribution in [1.29, 1.82) is 0 Å². The number of urea groups is 1. The number of hydrogen-bond acceptors (Lipinski definition) is 2. The molecular formula is C6H11IN2O2. The lowest BCUT2D eigenvalue weighted by Gasteiger charge is -2.29. The average Bonchev–Trinajstić information content (AvgIpc) is 2.03. The minimum absolute atomic E-state index is 0.0185. The van der Waals surface area contributed by atoms with Crippen molar-refractivity contribution in [2.75, 3.05) is 26.7 Å². The van der Waals surface area contributed by atoms with Gasteiger partial charge in [0.15, 0.2) is 0 Å². The quantitative estimate of drug-likeness (QED) is 0.512. The summed E-state index contributed by atoms with van der Waals surface area (Å²) in [4.78, 5) is 12.8. The van der Waals surface area contributed by atoms with Gasteiger partial charge in [-0.3, -0.25) is 0 Å². The number of nitrogens with zero attached hydrogens (tertiary/aromatic N) is 1. The van der Waals surface area contributed by atoms with Crippen LogP contribution in [0.4, 0.5) is 4.79 Å². The van der Waals surface area contributed by atoms with Crippen molar-refractivity contribution < 1.29 is 9.53 Å². The number of ether oxygens (including phenoxy) is 1. The van der Waals surface area contributed by atoms with Crippen LogP contribution in [0.5, 0.6) is 0 Å². The number of morpholine rings is 1. The predicted molar refractivity (Wildman–Crippen MR) is 49.8 cm³/mol. The molecule has 1 fully saturated rings. The van der Waals surface area contributed by atoms with E-state index in [-0.39, 0.29) is 10.1 Å². The molecule has 0 bridgehead atoms. The molecule has 1 heterocycles. The number of nitrogens with one attached hydrogen (secondary N) is 1. The fourth-order valence-corrected chi connectivity index (χ4v) is 1.68. The molecule has 0 aromatic rings. The van der Waals surface area contributed by atoms with E-state index in [0.717, 1.165) is 0 Å². The molecule has 0 aromatic heterocycles. The first kappa shape index (κ1) is 9.05. The topological polar surface area (TPSA) is 41.6 Å². The molecule has 5 heteroatoms. The fourth-order valence-electron chi connectivity index (χ4n) is 0.951. The molecule has 2 amide bonds. The summed E-state index contributed by atoms with van der Waals surface area (Å²) < 4.78 is 5.41. The Morgan fingerprint density at radius 2 is 2.55 bits per heavy atom. The number of carbonyl (C=O) groups excluding carboxylic acids is 1. The molecular weight excluding hydrogens is 259 g/mol. The number of rotatable bonds is 0. The Balaban J connectivity index is 2.39. The minimum atomic E-state index is -0.0185. The van der Waals surface area contributed by atoms with Gasteiger partial charge in [0.2, 0.25) is 0 Å². The van der Waals surface area contributed by atoms with Crippen LogP contribution in [0.25, 0.3) is 0 Å². The van der Waals surface area contributed by atoms with Crippen molar-refractivity contribution in [1.82, 2.24) is 10.2 Å². The highest BCUT2D eigenvalue weighted by atomic mass is 127.